The monoisotopic (exact) mass is 363 g/mol. The van der Waals surface area contributed by atoms with Crippen LogP contribution in [0.2, 0.25) is 0 Å². The van der Waals surface area contributed by atoms with Crippen molar-refractivity contribution in [3.63, 3.8) is 0 Å². The van der Waals surface area contributed by atoms with Crippen molar-refractivity contribution in [3.8, 4) is 0 Å². The number of carbonyl (C=O) groups excluding carboxylic acids is 2. The van der Waals surface area contributed by atoms with Crippen molar-refractivity contribution in [1.29, 1.82) is 0 Å². The fourth-order valence-electron chi connectivity index (χ4n) is 2.83. The lowest BCUT2D eigenvalue weighted by atomic mass is 9.87. The molecule has 2 aliphatic rings. The number of carbonyl (C=O) groups is 2. The van der Waals surface area contributed by atoms with Gasteiger partial charge in [0.1, 0.15) is 23.4 Å². The maximum atomic E-state index is 12.6. The second-order valence-corrected chi connectivity index (χ2v) is 7.16. The van der Waals surface area contributed by atoms with Crippen molar-refractivity contribution in [3.05, 3.63) is 52.6 Å². The molecule has 0 radical (unpaired) electrons. The summed E-state index contributed by atoms with van der Waals surface area (Å²) in [5.41, 5.74) is 5.39. The van der Waals surface area contributed by atoms with Crippen molar-refractivity contribution >= 4 is 29.3 Å². The Morgan fingerprint density at radius 3 is 2.80 bits per heavy atom. The Balaban J connectivity index is 1.64. The Kier molecular flexibility index (Phi) is 4.53. The van der Waals surface area contributed by atoms with Crippen LogP contribution in [-0.2, 0) is 20.9 Å². The van der Waals surface area contributed by atoms with Crippen LogP contribution in [0.5, 0.6) is 0 Å². The Hall–Kier alpha value is -2.39. The predicted octanol–water partition coefficient (Wildman–Crippen LogP) is 1.05. The van der Waals surface area contributed by atoms with Crippen LogP contribution in [0.25, 0.3) is 0 Å². The standard InChI is InChI=1S/C16H17N3O5S/c1-2-16(8-18-13(20)12(17)14(18)25-9-16)15(21)24-7-10-3-5-11(6-4-10)19(22)23/h2-6,12,14H,1,7-9,17H2/t12?,14-,16?/m1/s1. The summed E-state index contributed by atoms with van der Waals surface area (Å²) in [6, 6.07) is 5.27. The molecule has 2 N–H and O–H groups in total. The van der Waals surface area contributed by atoms with Crippen molar-refractivity contribution in [1.82, 2.24) is 4.90 Å². The third kappa shape index (κ3) is 3.00. The van der Waals surface area contributed by atoms with Crippen LogP contribution in [0, 0.1) is 15.5 Å². The molecule has 3 atom stereocenters. The number of nitrogens with zero attached hydrogens (tertiary/aromatic N) is 2. The average molecular weight is 363 g/mol. The lowest BCUT2D eigenvalue weighted by Gasteiger charge is -2.52. The molecule has 1 aromatic carbocycles. The number of nitro benzene ring substituents is 1. The van der Waals surface area contributed by atoms with Gasteiger partial charge in [0.2, 0.25) is 5.91 Å². The highest BCUT2D eigenvalue weighted by Crippen LogP contribution is 2.42. The highest BCUT2D eigenvalue weighted by molar-refractivity contribution is 8.00. The first-order valence-corrected chi connectivity index (χ1v) is 8.65. The molecule has 1 amide bonds. The molecule has 0 aliphatic carbocycles. The number of nitro groups is 1. The highest BCUT2D eigenvalue weighted by atomic mass is 32.2. The maximum Gasteiger partial charge on any atom is 0.318 e. The summed E-state index contributed by atoms with van der Waals surface area (Å²) in [6.45, 7) is 3.94. The summed E-state index contributed by atoms with van der Waals surface area (Å²) in [7, 11) is 0. The smallest absolute Gasteiger partial charge is 0.318 e. The van der Waals surface area contributed by atoms with Crippen molar-refractivity contribution in [2.75, 3.05) is 12.3 Å². The Bertz CT molecular complexity index is 738. The summed E-state index contributed by atoms with van der Waals surface area (Å²) in [6.07, 6.45) is 1.52. The normalized spacial score (nSPS) is 27.9. The molecule has 2 heterocycles. The van der Waals surface area contributed by atoms with Gasteiger partial charge < -0.3 is 15.4 Å². The number of nitrogens with two attached hydrogens (primary N) is 1. The molecule has 2 saturated heterocycles. The van der Waals surface area contributed by atoms with Crippen LogP contribution in [0.4, 0.5) is 5.69 Å². The summed E-state index contributed by atoms with van der Waals surface area (Å²) < 4.78 is 5.37. The van der Waals surface area contributed by atoms with Crippen LogP contribution < -0.4 is 5.73 Å². The molecule has 3 rings (SSSR count). The van der Waals surface area contributed by atoms with E-state index in [-0.39, 0.29) is 30.1 Å². The number of ether oxygens (including phenoxy) is 1. The minimum atomic E-state index is -0.974. The zero-order chi connectivity index (χ0) is 18.2. The Labute approximate surface area is 148 Å². The van der Waals surface area contributed by atoms with Crippen molar-refractivity contribution < 1.29 is 19.2 Å². The lowest BCUT2D eigenvalue weighted by molar-refractivity contribution is -0.384. The van der Waals surface area contributed by atoms with E-state index in [1.54, 1.807) is 4.90 Å². The van der Waals surface area contributed by atoms with Gasteiger partial charge in [0, 0.05) is 24.4 Å². The van der Waals surface area contributed by atoms with Gasteiger partial charge in [-0.3, -0.25) is 19.7 Å². The fourth-order valence-corrected chi connectivity index (χ4v) is 4.31. The topological polar surface area (TPSA) is 116 Å². The van der Waals surface area contributed by atoms with E-state index in [0.717, 1.165) is 0 Å². The van der Waals surface area contributed by atoms with E-state index in [9.17, 15) is 19.7 Å². The first-order valence-electron chi connectivity index (χ1n) is 7.60. The van der Waals surface area contributed by atoms with Gasteiger partial charge >= 0.3 is 5.97 Å². The van der Waals surface area contributed by atoms with Gasteiger partial charge in [-0.2, -0.15) is 0 Å². The van der Waals surface area contributed by atoms with Gasteiger partial charge in [-0.1, -0.05) is 6.08 Å². The van der Waals surface area contributed by atoms with E-state index in [2.05, 4.69) is 6.58 Å². The molecule has 8 nitrogen and oxygen atoms in total. The van der Waals surface area contributed by atoms with E-state index < -0.39 is 22.3 Å². The van der Waals surface area contributed by atoms with Gasteiger partial charge in [-0.15, -0.1) is 18.3 Å². The minimum Gasteiger partial charge on any atom is -0.460 e. The summed E-state index contributed by atoms with van der Waals surface area (Å²) in [5, 5.41) is 10.5. The van der Waals surface area contributed by atoms with Gasteiger partial charge in [-0.05, 0) is 17.7 Å². The number of esters is 1. The van der Waals surface area contributed by atoms with Crippen molar-refractivity contribution in [2.45, 2.75) is 18.0 Å². The number of fused-ring (bicyclic) bond motifs is 1. The second-order valence-electron chi connectivity index (χ2n) is 6.05. The van der Waals surface area contributed by atoms with E-state index >= 15 is 0 Å². The maximum absolute atomic E-state index is 12.6. The molecule has 0 bridgehead atoms. The fraction of sp³-hybridized carbons (Fsp3) is 0.375. The number of non-ortho nitro benzene ring substituents is 1. The van der Waals surface area contributed by atoms with Crippen LogP contribution in [0.1, 0.15) is 5.56 Å². The summed E-state index contributed by atoms with van der Waals surface area (Å²) in [4.78, 5) is 36.1. The number of β-lactam (4-membered cyclic amide) rings is 1. The molecular formula is C16H17N3O5S. The molecule has 2 fully saturated rings. The predicted molar refractivity (Wildman–Crippen MR) is 91.5 cm³/mol. The van der Waals surface area contributed by atoms with Crippen LogP contribution in [0.3, 0.4) is 0 Å². The first-order chi connectivity index (χ1) is 11.9. The molecule has 2 aliphatic heterocycles. The summed E-state index contributed by atoms with van der Waals surface area (Å²) in [5.74, 6) is -0.204. The molecule has 1 aromatic rings. The zero-order valence-electron chi connectivity index (χ0n) is 13.3. The minimum absolute atomic E-state index is 0.00598. The third-order valence-electron chi connectivity index (χ3n) is 4.46. The molecule has 0 spiro atoms. The quantitative estimate of drug-likeness (QED) is 0.273. The van der Waals surface area contributed by atoms with Crippen molar-refractivity contribution in [2.24, 2.45) is 11.1 Å². The molecule has 132 valence electrons. The third-order valence-corrected chi connectivity index (χ3v) is 6.03. The molecule has 0 aromatic heterocycles. The first kappa shape index (κ1) is 17.4. The SMILES string of the molecule is C=CC1(C(=O)OCc2ccc([N+](=O)[O-])cc2)CS[C@@H]2C(N)C(=O)N2C1. The van der Waals surface area contributed by atoms with Gasteiger partial charge in [0.15, 0.2) is 0 Å². The number of hydrogen-bond acceptors (Lipinski definition) is 7. The van der Waals surface area contributed by atoms with Gasteiger partial charge in [0.05, 0.1) is 4.92 Å². The number of amides is 1. The number of hydrogen-bond donors (Lipinski definition) is 1. The molecule has 9 heteroatoms. The van der Waals surface area contributed by atoms with E-state index in [0.29, 0.717) is 11.3 Å². The average Bonchev–Trinajstić information content (AvgIpc) is 2.65. The van der Waals surface area contributed by atoms with E-state index in [1.165, 1.54) is 42.1 Å². The zero-order valence-corrected chi connectivity index (χ0v) is 14.1. The highest BCUT2D eigenvalue weighted by Gasteiger charge is 2.55. The lowest BCUT2D eigenvalue weighted by Crippen LogP contribution is -2.71. The van der Waals surface area contributed by atoms with Gasteiger partial charge in [-0.25, -0.2) is 0 Å². The van der Waals surface area contributed by atoms with Crippen LogP contribution >= 0.6 is 11.8 Å². The largest absolute Gasteiger partial charge is 0.460 e. The van der Waals surface area contributed by atoms with Gasteiger partial charge in [0.25, 0.3) is 5.69 Å². The number of benzene rings is 1. The second kappa shape index (κ2) is 6.49. The van der Waals surface area contributed by atoms with Crippen LogP contribution in [0.15, 0.2) is 36.9 Å². The molecular weight excluding hydrogens is 346 g/mol. The van der Waals surface area contributed by atoms with Crippen LogP contribution in [-0.4, -0.2) is 45.4 Å². The number of thioether (sulfide) groups is 1. The molecule has 0 saturated carbocycles. The number of rotatable bonds is 5. The summed E-state index contributed by atoms with van der Waals surface area (Å²) >= 11 is 1.44. The molecule has 2 unspecified atom stereocenters. The Morgan fingerprint density at radius 2 is 2.20 bits per heavy atom. The molecule has 25 heavy (non-hydrogen) atoms. The Morgan fingerprint density at radius 1 is 1.52 bits per heavy atom. The van der Waals surface area contributed by atoms with E-state index in [4.69, 9.17) is 10.5 Å². The van der Waals surface area contributed by atoms with E-state index in [1.807, 2.05) is 0 Å².